The second-order valence-electron chi connectivity index (χ2n) is 9.61. The van der Waals surface area contributed by atoms with Gasteiger partial charge in [-0.25, -0.2) is 13.2 Å². The van der Waals surface area contributed by atoms with E-state index in [0.717, 1.165) is 47.7 Å². The van der Waals surface area contributed by atoms with Gasteiger partial charge in [0.2, 0.25) is 5.69 Å². The largest absolute Gasteiger partial charge is 1.00 e. The molecule has 0 aliphatic carbocycles. The Morgan fingerprint density at radius 1 is 0.886 bits per heavy atom. The summed E-state index contributed by atoms with van der Waals surface area (Å²) in [6.07, 6.45) is 6.65. The minimum absolute atomic E-state index is 0. The lowest BCUT2D eigenvalue weighted by Crippen LogP contribution is -3.00. The third-order valence-corrected chi connectivity index (χ3v) is 6.98. The molecular weight excluding hydrogens is 560 g/mol. The molecule has 35 heavy (non-hydrogen) atoms. The van der Waals surface area contributed by atoms with E-state index >= 15 is 0 Å². The van der Waals surface area contributed by atoms with E-state index in [4.69, 9.17) is 0 Å². The average molecular weight is 588 g/mol. The van der Waals surface area contributed by atoms with E-state index in [-0.39, 0.29) is 35.9 Å². The number of fused-ring (bicyclic) bond motifs is 1. The van der Waals surface area contributed by atoms with Gasteiger partial charge >= 0.3 is 0 Å². The maximum absolute atomic E-state index is 13.9. The van der Waals surface area contributed by atoms with Crippen molar-refractivity contribution in [3.05, 3.63) is 101 Å². The highest BCUT2D eigenvalue weighted by Crippen LogP contribution is 2.40. The summed E-state index contributed by atoms with van der Waals surface area (Å²) in [5, 5.41) is 0. The number of allylic oxidation sites excluding steroid dienone is 1. The van der Waals surface area contributed by atoms with Crippen LogP contribution in [0, 0.1) is 17.5 Å². The van der Waals surface area contributed by atoms with E-state index in [1.807, 2.05) is 18.2 Å². The zero-order chi connectivity index (χ0) is 23.9. The molecule has 0 unspecified atom stereocenters. The molecule has 2 nitrogen and oxygen atoms in total. The van der Waals surface area contributed by atoms with Gasteiger partial charge in [0.25, 0.3) is 0 Å². The fourth-order valence-corrected chi connectivity index (χ4v) is 5.14. The molecule has 0 radical (unpaired) electrons. The van der Waals surface area contributed by atoms with Gasteiger partial charge < -0.3 is 28.9 Å². The standard InChI is InChI=1S/C29H28F3N2.HI/c1-29(2)23-7-3-4-8-26(23)34(19-21-17-24(30)28(32)25(31)18-21)27(29)14-11-20-9-12-22(13-10-20)33-15-5-6-16-33;/h3-4,7-14,17-18H,5-6,15-16,19H2,1-2H3;1H/q+1;/p-1. The molecule has 2 aliphatic heterocycles. The maximum Gasteiger partial charge on any atom is 0.210 e. The molecule has 0 bridgehead atoms. The van der Waals surface area contributed by atoms with Crippen molar-refractivity contribution in [1.82, 2.24) is 0 Å². The van der Waals surface area contributed by atoms with Gasteiger partial charge in [0, 0.05) is 42.0 Å². The molecule has 2 aliphatic rings. The van der Waals surface area contributed by atoms with Crippen molar-refractivity contribution in [3.63, 3.8) is 0 Å². The Hall–Kier alpha value is -2.61. The number of para-hydroxylation sites is 1. The first-order valence-electron chi connectivity index (χ1n) is 11.8. The Balaban J connectivity index is 0.00000289. The lowest BCUT2D eigenvalue weighted by molar-refractivity contribution is -0.455. The fourth-order valence-electron chi connectivity index (χ4n) is 5.14. The Labute approximate surface area is 221 Å². The number of rotatable bonds is 5. The molecule has 0 aromatic heterocycles. The van der Waals surface area contributed by atoms with Gasteiger partial charge in [-0.05, 0) is 62.6 Å². The Bertz CT molecular complexity index is 1270. The molecule has 0 saturated carbocycles. The van der Waals surface area contributed by atoms with Crippen molar-refractivity contribution in [2.75, 3.05) is 18.0 Å². The first-order chi connectivity index (χ1) is 16.3. The summed E-state index contributed by atoms with van der Waals surface area (Å²) in [5.41, 5.74) is 5.55. The summed E-state index contributed by atoms with van der Waals surface area (Å²) in [7, 11) is 0. The van der Waals surface area contributed by atoms with Crippen LogP contribution in [0.3, 0.4) is 0 Å². The van der Waals surface area contributed by atoms with Crippen molar-refractivity contribution in [2.24, 2.45) is 0 Å². The van der Waals surface area contributed by atoms with Gasteiger partial charge in [-0.1, -0.05) is 30.3 Å². The third-order valence-electron chi connectivity index (χ3n) is 6.98. The maximum atomic E-state index is 13.9. The van der Waals surface area contributed by atoms with Crippen LogP contribution in [-0.2, 0) is 12.0 Å². The topological polar surface area (TPSA) is 6.25 Å². The van der Waals surface area contributed by atoms with Crippen LogP contribution in [0.2, 0.25) is 0 Å². The Morgan fingerprint density at radius 2 is 1.51 bits per heavy atom. The van der Waals surface area contributed by atoms with Crippen molar-refractivity contribution < 1.29 is 41.7 Å². The molecule has 1 saturated heterocycles. The number of benzene rings is 3. The van der Waals surface area contributed by atoms with Gasteiger partial charge in [0.05, 0.1) is 5.41 Å². The SMILES string of the molecule is CC1(C)C(/C=C/c2ccc(N3CCCC3)cc2)=[N+](Cc2cc(F)c(F)c(F)c2)c2ccccc21.[I-]. The van der Waals surface area contributed by atoms with Crippen LogP contribution in [-0.4, -0.2) is 23.4 Å². The molecule has 0 amide bonds. The highest BCUT2D eigenvalue weighted by atomic mass is 127. The van der Waals surface area contributed by atoms with E-state index in [1.54, 1.807) is 0 Å². The molecule has 182 valence electrons. The fraction of sp³-hybridized carbons (Fsp3) is 0.276. The summed E-state index contributed by atoms with van der Waals surface area (Å²) in [4.78, 5) is 2.40. The van der Waals surface area contributed by atoms with Crippen molar-refractivity contribution in [3.8, 4) is 0 Å². The molecule has 0 N–H and O–H groups in total. The molecule has 0 atom stereocenters. The van der Waals surface area contributed by atoms with Gasteiger partial charge in [-0.15, -0.1) is 0 Å². The zero-order valence-electron chi connectivity index (χ0n) is 19.9. The second-order valence-corrected chi connectivity index (χ2v) is 9.61. The van der Waals surface area contributed by atoms with E-state index in [2.05, 4.69) is 65.8 Å². The van der Waals surface area contributed by atoms with Crippen LogP contribution in [0.4, 0.5) is 24.5 Å². The van der Waals surface area contributed by atoms with E-state index in [0.29, 0.717) is 5.56 Å². The van der Waals surface area contributed by atoms with E-state index in [9.17, 15) is 13.2 Å². The first kappa shape index (κ1) is 25.5. The minimum atomic E-state index is -1.44. The van der Waals surface area contributed by atoms with E-state index in [1.165, 1.54) is 18.5 Å². The van der Waals surface area contributed by atoms with Gasteiger partial charge in [0.1, 0.15) is 0 Å². The molecular formula is C29H28F3IN2. The van der Waals surface area contributed by atoms with Crippen LogP contribution in [0.25, 0.3) is 6.08 Å². The van der Waals surface area contributed by atoms with Crippen LogP contribution >= 0.6 is 0 Å². The van der Waals surface area contributed by atoms with Crippen LogP contribution in [0.1, 0.15) is 43.4 Å². The summed E-state index contributed by atoms with van der Waals surface area (Å²) >= 11 is 0. The number of halogens is 4. The highest BCUT2D eigenvalue weighted by molar-refractivity contribution is 6.05. The smallest absolute Gasteiger partial charge is 0.210 e. The van der Waals surface area contributed by atoms with Crippen molar-refractivity contribution >= 4 is 23.2 Å². The Kier molecular flexibility index (Phi) is 7.40. The van der Waals surface area contributed by atoms with Gasteiger partial charge in [-0.3, -0.25) is 0 Å². The molecule has 1 fully saturated rings. The van der Waals surface area contributed by atoms with Crippen molar-refractivity contribution in [2.45, 2.75) is 38.6 Å². The lowest BCUT2D eigenvalue weighted by atomic mass is 9.81. The molecule has 5 rings (SSSR count). The highest BCUT2D eigenvalue weighted by Gasteiger charge is 2.44. The Morgan fingerprint density at radius 3 is 2.17 bits per heavy atom. The van der Waals surface area contributed by atoms with Crippen LogP contribution in [0.15, 0.2) is 66.7 Å². The minimum Gasteiger partial charge on any atom is -1.00 e. The molecule has 6 heteroatoms. The lowest BCUT2D eigenvalue weighted by Gasteiger charge is -2.17. The number of hydrogen-bond acceptors (Lipinski definition) is 1. The molecule has 0 spiro atoms. The summed E-state index contributed by atoms with van der Waals surface area (Å²) in [6.45, 7) is 6.75. The van der Waals surface area contributed by atoms with Gasteiger partial charge in [-0.2, -0.15) is 4.58 Å². The number of hydrogen-bond donors (Lipinski definition) is 0. The zero-order valence-corrected chi connectivity index (χ0v) is 22.0. The molecule has 3 aromatic carbocycles. The summed E-state index contributed by atoms with van der Waals surface area (Å²) in [6, 6.07) is 18.8. The normalized spacial score (nSPS) is 16.7. The molecule has 2 heterocycles. The second kappa shape index (κ2) is 10.2. The van der Waals surface area contributed by atoms with Crippen molar-refractivity contribution in [1.29, 1.82) is 0 Å². The predicted molar refractivity (Wildman–Crippen MR) is 131 cm³/mol. The third kappa shape index (κ3) is 4.90. The van der Waals surface area contributed by atoms with E-state index < -0.39 is 17.5 Å². The quantitative estimate of drug-likeness (QED) is 0.248. The van der Waals surface area contributed by atoms with Gasteiger partial charge in [0.15, 0.2) is 29.7 Å². The number of nitrogens with zero attached hydrogens (tertiary/aromatic N) is 2. The molecule has 3 aromatic rings. The van der Waals surface area contributed by atoms with Crippen LogP contribution in [0.5, 0.6) is 0 Å². The van der Waals surface area contributed by atoms with Crippen LogP contribution < -0.4 is 28.9 Å². The summed E-state index contributed by atoms with van der Waals surface area (Å²) < 4.78 is 43.4. The predicted octanol–water partition coefficient (Wildman–Crippen LogP) is 4.00. The summed E-state index contributed by atoms with van der Waals surface area (Å²) in [5.74, 6) is -3.78. The first-order valence-corrected chi connectivity index (χ1v) is 11.8. The average Bonchev–Trinajstić information content (AvgIpc) is 3.43. The number of anilines is 1. The monoisotopic (exact) mass is 588 g/mol.